The van der Waals surface area contributed by atoms with Gasteiger partial charge in [-0.2, -0.15) is 0 Å². The normalized spacial score (nSPS) is 12.1. The summed E-state index contributed by atoms with van der Waals surface area (Å²) in [6.45, 7) is 0. The van der Waals surface area contributed by atoms with E-state index in [-0.39, 0.29) is 0 Å². The number of hydrogen-bond acceptors (Lipinski definition) is 0. The lowest BCUT2D eigenvalue weighted by molar-refractivity contribution is 1.61. The molecule has 0 bridgehead atoms. The van der Waals surface area contributed by atoms with Crippen LogP contribution in [-0.4, -0.2) is 0 Å². The van der Waals surface area contributed by atoms with Gasteiger partial charge in [-0.3, -0.25) is 0 Å². The summed E-state index contributed by atoms with van der Waals surface area (Å²) in [4.78, 5) is 0. The van der Waals surface area contributed by atoms with E-state index in [9.17, 15) is 0 Å². The predicted molar refractivity (Wildman–Crippen MR) is 230 cm³/mol. The molecular formula is C54H32. The minimum absolute atomic E-state index is 1.25. The zero-order valence-electron chi connectivity index (χ0n) is 29.5. The molecule has 0 atom stereocenters. The largest absolute Gasteiger partial charge is 0.0622 e. The second kappa shape index (κ2) is 11.2. The second-order valence-corrected chi connectivity index (χ2v) is 14.6. The van der Waals surface area contributed by atoms with E-state index < -0.39 is 0 Å². The first kappa shape index (κ1) is 29.5. The fraction of sp³-hybridized carbons (Fsp3) is 0. The van der Waals surface area contributed by atoms with E-state index >= 15 is 0 Å². The number of hydrogen-bond donors (Lipinski definition) is 0. The van der Waals surface area contributed by atoms with Crippen LogP contribution < -0.4 is 0 Å². The maximum Gasteiger partial charge on any atom is -0.000740 e. The second-order valence-electron chi connectivity index (χ2n) is 14.6. The minimum Gasteiger partial charge on any atom is -0.0622 e. The molecule has 0 heterocycles. The fourth-order valence-electron chi connectivity index (χ4n) is 9.90. The lowest BCUT2D eigenvalue weighted by Gasteiger charge is -2.21. The van der Waals surface area contributed by atoms with Gasteiger partial charge in [0.05, 0.1) is 0 Å². The van der Waals surface area contributed by atoms with Crippen molar-refractivity contribution in [3.8, 4) is 89.0 Å². The Bertz CT molecular complexity index is 2730. The summed E-state index contributed by atoms with van der Waals surface area (Å²) >= 11 is 0. The Morgan fingerprint density at radius 3 is 0.593 bits per heavy atom. The van der Waals surface area contributed by atoms with E-state index in [1.807, 2.05) is 0 Å². The highest BCUT2D eigenvalue weighted by molar-refractivity contribution is 6.35. The summed E-state index contributed by atoms with van der Waals surface area (Å²) in [6, 6.07) is 71.9. The minimum atomic E-state index is 1.25. The SMILES string of the molecule is c1ccc(-c2c3c(c(-c4ccccc4)c4ccccc24)-c2ccc4c5c(ccc-3c25)-c2c-4c(-c3ccccc3)c3ccccc3c2-c2ccccc2)cc1. The van der Waals surface area contributed by atoms with Crippen LogP contribution in [0, 0.1) is 0 Å². The van der Waals surface area contributed by atoms with Gasteiger partial charge in [-0.1, -0.05) is 194 Å². The number of benzene rings is 10. The Hall–Kier alpha value is -7.02. The zero-order valence-corrected chi connectivity index (χ0v) is 29.5. The Kier molecular flexibility index (Phi) is 6.15. The van der Waals surface area contributed by atoms with Crippen molar-refractivity contribution in [1.29, 1.82) is 0 Å². The summed E-state index contributed by atoms with van der Waals surface area (Å²) in [5.74, 6) is 0. The Morgan fingerprint density at radius 2 is 0.370 bits per heavy atom. The molecule has 0 nitrogen and oxygen atoms in total. The van der Waals surface area contributed by atoms with Gasteiger partial charge in [-0.05, 0) is 121 Å². The molecule has 10 aromatic rings. The van der Waals surface area contributed by atoms with Gasteiger partial charge >= 0.3 is 0 Å². The summed E-state index contributed by atoms with van der Waals surface area (Å²) < 4.78 is 0. The molecule has 248 valence electrons. The van der Waals surface area contributed by atoms with Crippen LogP contribution in [0.2, 0.25) is 0 Å². The molecule has 54 heavy (non-hydrogen) atoms. The summed E-state index contributed by atoms with van der Waals surface area (Å²) in [6.07, 6.45) is 0. The highest BCUT2D eigenvalue weighted by Gasteiger charge is 2.36. The molecule has 0 spiro atoms. The topological polar surface area (TPSA) is 0 Å². The van der Waals surface area contributed by atoms with Gasteiger partial charge in [0.1, 0.15) is 0 Å². The number of rotatable bonds is 4. The van der Waals surface area contributed by atoms with Gasteiger partial charge in [0.25, 0.3) is 0 Å². The molecule has 0 aliphatic heterocycles. The molecule has 2 aliphatic rings. The van der Waals surface area contributed by atoms with E-state index in [4.69, 9.17) is 0 Å². The first-order valence-electron chi connectivity index (χ1n) is 18.9. The maximum atomic E-state index is 2.44. The van der Waals surface area contributed by atoms with Crippen molar-refractivity contribution < 1.29 is 0 Å². The van der Waals surface area contributed by atoms with Gasteiger partial charge in [0.2, 0.25) is 0 Å². The highest BCUT2D eigenvalue weighted by atomic mass is 14.4. The maximum absolute atomic E-state index is 2.44. The average molecular weight is 681 g/mol. The van der Waals surface area contributed by atoms with Gasteiger partial charge < -0.3 is 0 Å². The van der Waals surface area contributed by atoms with Crippen molar-refractivity contribution in [2.75, 3.05) is 0 Å². The molecule has 2 aliphatic carbocycles. The van der Waals surface area contributed by atoms with Crippen molar-refractivity contribution in [3.63, 3.8) is 0 Å². The molecule has 0 saturated heterocycles. The summed E-state index contributed by atoms with van der Waals surface area (Å²) in [7, 11) is 0. The van der Waals surface area contributed by atoms with E-state index in [0.29, 0.717) is 0 Å². The van der Waals surface area contributed by atoms with Gasteiger partial charge in [0, 0.05) is 0 Å². The van der Waals surface area contributed by atoms with Crippen molar-refractivity contribution in [2.45, 2.75) is 0 Å². The van der Waals surface area contributed by atoms with Crippen LogP contribution >= 0.6 is 0 Å². The monoisotopic (exact) mass is 680 g/mol. The van der Waals surface area contributed by atoms with Crippen LogP contribution in [0.3, 0.4) is 0 Å². The zero-order chi connectivity index (χ0) is 35.3. The van der Waals surface area contributed by atoms with E-state index in [2.05, 4.69) is 194 Å². The molecule has 0 radical (unpaired) electrons. The van der Waals surface area contributed by atoms with Crippen LogP contribution in [-0.2, 0) is 0 Å². The molecule has 0 unspecified atom stereocenters. The fourth-order valence-corrected chi connectivity index (χ4v) is 9.90. The summed E-state index contributed by atoms with van der Waals surface area (Å²) in [5.41, 5.74) is 20.9. The first-order valence-corrected chi connectivity index (χ1v) is 18.9. The van der Waals surface area contributed by atoms with Crippen LogP contribution in [0.25, 0.3) is 121 Å². The summed E-state index contributed by atoms with van der Waals surface area (Å²) in [5, 5.41) is 7.87. The van der Waals surface area contributed by atoms with Crippen LogP contribution in [0.15, 0.2) is 194 Å². The third-order valence-corrected chi connectivity index (χ3v) is 11.9. The smallest absolute Gasteiger partial charge is 0.000740 e. The van der Waals surface area contributed by atoms with Crippen molar-refractivity contribution in [2.24, 2.45) is 0 Å². The van der Waals surface area contributed by atoms with E-state index in [1.54, 1.807) is 0 Å². The molecule has 0 aromatic heterocycles. The van der Waals surface area contributed by atoms with E-state index in [0.717, 1.165) is 0 Å². The van der Waals surface area contributed by atoms with Crippen LogP contribution in [0.1, 0.15) is 0 Å². The Balaban J connectivity index is 1.28. The third-order valence-electron chi connectivity index (χ3n) is 11.9. The molecule has 0 N–H and O–H groups in total. The van der Waals surface area contributed by atoms with Crippen molar-refractivity contribution >= 4 is 32.3 Å². The predicted octanol–water partition coefficient (Wildman–Crippen LogP) is 15.1. The third kappa shape index (κ3) is 3.92. The molecular weight excluding hydrogens is 649 g/mol. The average Bonchev–Trinajstić information content (AvgIpc) is 3.75. The molecule has 10 aromatic carbocycles. The van der Waals surface area contributed by atoms with Gasteiger partial charge in [-0.25, -0.2) is 0 Å². The molecule has 0 fully saturated rings. The lowest BCUT2D eigenvalue weighted by Crippen LogP contribution is -1.94. The van der Waals surface area contributed by atoms with Crippen LogP contribution in [0.4, 0.5) is 0 Å². The van der Waals surface area contributed by atoms with Gasteiger partial charge in [0.15, 0.2) is 0 Å². The Labute approximate surface area is 314 Å². The quantitative estimate of drug-likeness (QED) is 0.174. The standard InChI is InChI=1S/C54H32/c1-5-17-33(18-6-1)45-37-25-13-14-26-38(37)46(34-19-7-2-8-20-34)52-42-31-32-44-50-43(30-29-41(49(42)50)51(45)52)53-47(35-21-9-3-10-22-35)39-27-15-16-28-40(39)48(54(44)53)36-23-11-4-12-24-36/h1-32H. The molecule has 0 heteroatoms. The van der Waals surface area contributed by atoms with Crippen LogP contribution in [0.5, 0.6) is 0 Å². The Morgan fingerprint density at radius 1 is 0.167 bits per heavy atom. The highest BCUT2D eigenvalue weighted by Crippen LogP contribution is 2.64. The number of fused-ring (bicyclic) bond motifs is 8. The van der Waals surface area contributed by atoms with Crippen molar-refractivity contribution in [1.82, 2.24) is 0 Å². The lowest BCUT2D eigenvalue weighted by atomic mass is 9.81. The van der Waals surface area contributed by atoms with Gasteiger partial charge in [-0.15, -0.1) is 0 Å². The molecule has 12 rings (SSSR count). The van der Waals surface area contributed by atoms with Crippen molar-refractivity contribution in [3.05, 3.63) is 194 Å². The van der Waals surface area contributed by atoms with E-state index in [1.165, 1.54) is 121 Å². The molecule has 0 amide bonds. The first-order chi connectivity index (χ1) is 26.9. The molecule has 0 saturated carbocycles.